The molecule has 1 heterocycles. The second-order valence-electron chi connectivity index (χ2n) is 5.45. The Labute approximate surface area is 124 Å². The molecule has 116 valence electrons. The van der Waals surface area contributed by atoms with Crippen LogP contribution >= 0.6 is 0 Å². The Morgan fingerprint density at radius 3 is 2.91 bits per heavy atom. The lowest BCUT2D eigenvalue weighted by Gasteiger charge is -2.30. The average Bonchev–Trinajstić information content (AvgIpc) is 2.87. The van der Waals surface area contributed by atoms with E-state index in [1.807, 2.05) is 0 Å². The number of hydrogen-bond acceptors (Lipinski definition) is 2. The van der Waals surface area contributed by atoms with Gasteiger partial charge in [0.1, 0.15) is 30.0 Å². The Balaban J connectivity index is 1.81. The lowest BCUT2D eigenvalue weighted by molar-refractivity contribution is 0.0873. The molecule has 1 saturated carbocycles. The summed E-state index contributed by atoms with van der Waals surface area (Å²) in [7, 11) is 0. The van der Waals surface area contributed by atoms with Gasteiger partial charge in [0.15, 0.2) is 0 Å². The van der Waals surface area contributed by atoms with Crippen LogP contribution in [0.25, 0.3) is 11.0 Å². The molecule has 3 atom stereocenters. The quantitative estimate of drug-likeness (QED) is 0.860. The SMILES string of the molecule is C=C1CC(F)C(NC(=O)c2coc3ccc(F)cc23)CC1F. The van der Waals surface area contributed by atoms with Crippen LogP contribution in [0.2, 0.25) is 0 Å². The van der Waals surface area contributed by atoms with Gasteiger partial charge < -0.3 is 9.73 Å². The molecular weight excluding hydrogens is 295 g/mol. The Morgan fingerprint density at radius 1 is 1.36 bits per heavy atom. The van der Waals surface area contributed by atoms with Crippen molar-refractivity contribution in [1.82, 2.24) is 5.32 Å². The van der Waals surface area contributed by atoms with Crippen molar-refractivity contribution in [3.8, 4) is 0 Å². The van der Waals surface area contributed by atoms with E-state index in [1.165, 1.54) is 24.5 Å². The largest absolute Gasteiger partial charge is 0.463 e. The number of furan rings is 1. The molecule has 1 aromatic heterocycles. The highest BCUT2D eigenvalue weighted by Gasteiger charge is 2.34. The minimum atomic E-state index is -1.39. The van der Waals surface area contributed by atoms with Crippen molar-refractivity contribution in [2.75, 3.05) is 0 Å². The number of nitrogens with one attached hydrogen (secondary N) is 1. The van der Waals surface area contributed by atoms with E-state index in [9.17, 15) is 18.0 Å². The predicted molar refractivity (Wildman–Crippen MR) is 75.6 cm³/mol. The smallest absolute Gasteiger partial charge is 0.255 e. The zero-order valence-electron chi connectivity index (χ0n) is 11.6. The summed E-state index contributed by atoms with van der Waals surface area (Å²) in [6, 6.07) is 2.85. The van der Waals surface area contributed by atoms with E-state index < -0.39 is 30.1 Å². The van der Waals surface area contributed by atoms with E-state index in [-0.39, 0.29) is 24.0 Å². The van der Waals surface area contributed by atoms with Crippen molar-refractivity contribution < 1.29 is 22.4 Å². The summed E-state index contributed by atoms with van der Waals surface area (Å²) >= 11 is 0. The van der Waals surface area contributed by atoms with Crippen LogP contribution in [0, 0.1) is 5.82 Å². The van der Waals surface area contributed by atoms with Crippen LogP contribution in [0.15, 0.2) is 41.0 Å². The molecule has 1 N–H and O–H groups in total. The monoisotopic (exact) mass is 309 g/mol. The van der Waals surface area contributed by atoms with Crippen molar-refractivity contribution in [3.63, 3.8) is 0 Å². The molecular formula is C16H14F3NO2. The van der Waals surface area contributed by atoms with Gasteiger partial charge in [-0.25, -0.2) is 13.2 Å². The summed E-state index contributed by atoms with van der Waals surface area (Å²) in [5.41, 5.74) is 0.652. The van der Waals surface area contributed by atoms with E-state index in [4.69, 9.17) is 4.42 Å². The normalized spacial score (nSPS) is 25.4. The summed E-state index contributed by atoms with van der Waals surface area (Å²) in [6.45, 7) is 3.48. The standard InChI is InChI=1S/C16H14F3NO2/c1-8-4-13(19)14(6-12(8)18)20-16(21)11-7-22-15-3-2-9(17)5-10(11)15/h2-3,5,7,12-14H,1,4,6H2,(H,20,21). The summed E-state index contributed by atoms with van der Waals surface area (Å²) in [5, 5.41) is 2.75. The molecule has 2 aromatic rings. The first-order chi connectivity index (χ1) is 10.5. The number of rotatable bonds is 2. The van der Waals surface area contributed by atoms with Gasteiger partial charge >= 0.3 is 0 Å². The van der Waals surface area contributed by atoms with Crippen molar-refractivity contribution in [2.24, 2.45) is 0 Å². The van der Waals surface area contributed by atoms with Crippen molar-refractivity contribution in [3.05, 3.63) is 48.0 Å². The number of alkyl halides is 2. The predicted octanol–water partition coefficient (Wildman–Crippen LogP) is 3.70. The topological polar surface area (TPSA) is 42.2 Å². The van der Waals surface area contributed by atoms with Crippen LogP contribution in [-0.4, -0.2) is 24.3 Å². The maximum atomic E-state index is 13.9. The fourth-order valence-electron chi connectivity index (χ4n) is 2.63. The van der Waals surface area contributed by atoms with E-state index in [1.54, 1.807) is 0 Å². The number of fused-ring (bicyclic) bond motifs is 1. The first-order valence-electron chi connectivity index (χ1n) is 6.89. The number of carbonyl (C=O) groups is 1. The third kappa shape index (κ3) is 2.61. The summed E-state index contributed by atoms with van der Waals surface area (Å²) in [6.07, 6.45) is -1.82. The van der Waals surface area contributed by atoms with Gasteiger partial charge in [0.2, 0.25) is 0 Å². The van der Waals surface area contributed by atoms with E-state index in [0.717, 1.165) is 0 Å². The highest BCUT2D eigenvalue weighted by Crippen LogP contribution is 2.29. The minimum absolute atomic E-state index is 0.0986. The van der Waals surface area contributed by atoms with Crippen molar-refractivity contribution in [2.45, 2.75) is 31.2 Å². The molecule has 6 heteroatoms. The van der Waals surface area contributed by atoms with Gasteiger partial charge in [-0.2, -0.15) is 0 Å². The summed E-state index contributed by atoms with van der Waals surface area (Å²) in [4.78, 5) is 12.2. The molecule has 22 heavy (non-hydrogen) atoms. The van der Waals surface area contributed by atoms with Crippen LogP contribution in [-0.2, 0) is 0 Å². The molecule has 0 bridgehead atoms. The van der Waals surface area contributed by atoms with E-state index >= 15 is 0 Å². The Kier molecular flexibility index (Phi) is 3.68. The number of allylic oxidation sites excluding steroid dienone is 1. The number of benzene rings is 1. The Bertz CT molecular complexity index is 740. The van der Waals surface area contributed by atoms with Crippen molar-refractivity contribution in [1.29, 1.82) is 0 Å². The summed E-state index contributed by atoms with van der Waals surface area (Å²) < 4.78 is 46.0. The Morgan fingerprint density at radius 2 is 2.14 bits per heavy atom. The van der Waals surface area contributed by atoms with E-state index in [2.05, 4.69) is 11.9 Å². The molecule has 1 aliphatic carbocycles. The van der Waals surface area contributed by atoms with Gasteiger partial charge in [-0.15, -0.1) is 0 Å². The molecule has 0 radical (unpaired) electrons. The van der Waals surface area contributed by atoms with Gasteiger partial charge in [-0.05, 0) is 23.8 Å². The number of hydrogen-bond donors (Lipinski definition) is 1. The highest BCUT2D eigenvalue weighted by atomic mass is 19.1. The van der Waals surface area contributed by atoms with Crippen LogP contribution in [0.4, 0.5) is 13.2 Å². The maximum absolute atomic E-state index is 13.9. The second kappa shape index (κ2) is 5.51. The molecule has 0 spiro atoms. The fourth-order valence-corrected chi connectivity index (χ4v) is 2.63. The summed E-state index contributed by atoms with van der Waals surface area (Å²) in [5.74, 6) is -1.12. The third-order valence-electron chi connectivity index (χ3n) is 3.89. The number of amides is 1. The third-order valence-corrected chi connectivity index (χ3v) is 3.89. The zero-order valence-corrected chi connectivity index (χ0v) is 11.6. The van der Waals surface area contributed by atoms with Crippen LogP contribution in [0.5, 0.6) is 0 Å². The molecule has 1 fully saturated rings. The molecule has 1 amide bonds. The van der Waals surface area contributed by atoms with Crippen LogP contribution in [0.1, 0.15) is 23.2 Å². The lowest BCUT2D eigenvalue weighted by atomic mass is 9.88. The van der Waals surface area contributed by atoms with Gasteiger partial charge in [-0.3, -0.25) is 4.79 Å². The maximum Gasteiger partial charge on any atom is 0.255 e. The van der Waals surface area contributed by atoms with Crippen LogP contribution < -0.4 is 5.32 Å². The first kappa shape index (κ1) is 14.7. The fraction of sp³-hybridized carbons (Fsp3) is 0.312. The van der Waals surface area contributed by atoms with E-state index in [0.29, 0.717) is 11.0 Å². The molecule has 0 saturated heterocycles. The van der Waals surface area contributed by atoms with Gasteiger partial charge in [0.25, 0.3) is 5.91 Å². The molecule has 3 unspecified atom stereocenters. The Hall–Kier alpha value is -2.24. The second-order valence-corrected chi connectivity index (χ2v) is 5.45. The molecule has 0 aliphatic heterocycles. The van der Waals surface area contributed by atoms with Crippen LogP contribution in [0.3, 0.4) is 0 Å². The molecule has 3 rings (SSSR count). The average molecular weight is 309 g/mol. The highest BCUT2D eigenvalue weighted by molar-refractivity contribution is 6.06. The molecule has 1 aromatic carbocycles. The molecule has 1 aliphatic rings. The van der Waals surface area contributed by atoms with Gasteiger partial charge in [0, 0.05) is 18.2 Å². The number of carbonyl (C=O) groups excluding carboxylic acids is 1. The first-order valence-corrected chi connectivity index (χ1v) is 6.89. The minimum Gasteiger partial charge on any atom is -0.463 e. The zero-order chi connectivity index (χ0) is 15.9. The van der Waals surface area contributed by atoms with Gasteiger partial charge in [0.05, 0.1) is 11.6 Å². The van der Waals surface area contributed by atoms with Gasteiger partial charge in [-0.1, -0.05) is 6.58 Å². The number of halogens is 3. The molecule has 3 nitrogen and oxygen atoms in total. The van der Waals surface area contributed by atoms with Crippen molar-refractivity contribution >= 4 is 16.9 Å². The lowest BCUT2D eigenvalue weighted by Crippen LogP contribution is -2.46.